The summed E-state index contributed by atoms with van der Waals surface area (Å²) in [7, 11) is 1.61. The van der Waals surface area contributed by atoms with Crippen LogP contribution in [0.3, 0.4) is 0 Å². The van der Waals surface area contributed by atoms with E-state index in [1.165, 1.54) is 0 Å². The van der Waals surface area contributed by atoms with Crippen LogP contribution in [-0.4, -0.2) is 60.7 Å². The maximum absolute atomic E-state index is 12.4. The zero-order chi connectivity index (χ0) is 17.7. The first-order chi connectivity index (χ1) is 11.3. The highest BCUT2D eigenvalue weighted by atomic mass is 16.6. The second kappa shape index (κ2) is 7.55. The normalized spacial score (nSPS) is 15.2. The van der Waals surface area contributed by atoms with E-state index in [4.69, 9.17) is 9.47 Å². The molecule has 0 bridgehead atoms. The van der Waals surface area contributed by atoms with Gasteiger partial charge in [0.25, 0.3) is 0 Å². The van der Waals surface area contributed by atoms with E-state index >= 15 is 0 Å². The fourth-order valence-corrected chi connectivity index (χ4v) is 2.53. The number of nitrogens with zero attached hydrogens (tertiary/aromatic N) is 2. The number of hydrogen-bond donors (Lipinski definition) is 0. The monoisotopic (exact) mass is 334 g/mol. The summed E-state index contributed by atoms with van der Waals surface area (Å²) in [5.74, 6) is 0.808. The minimum Gasteiger partial charge on any atom is -0.497 e. The van der Waals surface area contributed by atoms with E-state index in [1.54, 1.807) is 16.9 Å². The number of methoxy groups -OCH3 is 1. The lowest BCUT2D eigenvalue weighted by molar-refractivity contribution is -0.132. The fourth-order valence-electron chi connectivity index (χ4n) is 2.53. The van der Waals surface area contributed by atoms with Gasteiger partial charge in [-0.25, -0.2) is 4.79 Å². The van der Waals surface area contributed by atoms with Crippen LogP contribution in [0.5, 0.6) is 5.75 Å². The van der Waals surface area contributed by atoms with Gasteiger partial charge in [0.2, 0.25) is 5.91 Å². The smallest absolute Gasteiger partial charge is 0.410 e. The molecule has 1 heterocycles. The molecule has 6 nitrogen and oxygen atoms in total. The van der Waals surface area contributed by atoms with E-state index in [-0.39, 0.29) is 12.0 Å². The Morgan fingerprint density at radius 3 is 2.29 bits per heavy atom. The number of ether oxygens (including phenoxy) is 2. The lowest BCUT2D eigenvalue weighted by Crippen LogP contribution is -2.51. The van der Waals surface area contributed by atoms with Crippen molar-refractivity contribution in [1.82, 2.24) is 9.80 Å². The average molecular weight is 334 g/mol. The van der Waals surface area contributed by atoms with Gasteiger partial charge in [-0.2, -0.15) is 0 Å². The molecule has 0 unspecified atom stereocenters. The van der Waals surface area contributed by atoms with Crippen molar-refractivity contribution in [3.05, 3.63) is 29.8 Å². The Morgan fingerprint density at radius 1 is 1.08 bits per heavy atom. The molecule has 24 heavy (non-hydrogen) atoms. The maximum atomic E-state index is 12.4. The van der Waals surface area contributed by atoms with E-state index in [1.807, 2.05) is 45.0 Å². The van der Waals surface area contributed by atoms with E-state index in [0.29, 0.717) is 32.6 Å². The standard InChI is InChI=1S/C18H26N2O4/c1-18(2,3)24-17(22)20-10-8-19(9-11-20)16(21)13-14-6-5-7-15(12-14)23-4/h5-7,12H,8-11,13H2,1-4H3. The Labute approximate surface area is 143 Å². The zero-order valence-corrected chi connectivity index (χ0v) is 14.9. The predicted octanol–water partition coefficient (Wildman–Crippen LogP) is 2.32. The second-order valence-electron chi connectivity index (χ2n) is 6.88. The summed E-state index contributed by atoms with van der Waals surface area (Å²) >= 11 is 0. The first-order valence-corrected chi connectivity index (χ1v) is 8.17. The zero-order valence-electron chi connectivity index (χ0n) is 14.9. The molecule has 0 aliphatic carbocycles. The SMILES string of the molecule is COc1cccc(CC(=O)N2CCN(C(=O)OC(C)(C)C)CC2)c1. The quantitative estimate of drug-likeness (QED) is 0.851. The van der Waals surface area contributed by atoms with Crippen molar-refractivity contribution in [2.75, 3.05) is 33.3 Å². The number of benzene rings is 1. The van der Waals surface area contributed by atoms with Gasteiger partial charge in [0.15, 0.2) is 0 Å². The molecule has 2 rings (SSSR count). The summed E-state index contributed by atoms with van der Waals surface area (Å²) in [6.07, 6.45) is 0.0197. The number of piperazine rings is 1. The van der Waals surface area contributed by atoms with Crippen molar-refractivity contribution in [2.24, 2.45) is 0 Å². The molecule has 132 valence electrons. The van der Waals surface area contributed by atoms with Crippen LogP contribution in [0.1, 0.15) is 26.3 Å². The molecule has 0 N–H and O–H groups in total. The first-order valence-electron chi connectivity index (χ1n) is 8.17. The van der Waals surface area contributed by atoms with E-state index in [2.05, 4.69) is 0 Å². The Bertz CT molecular complexity index is 587. The number of hydrogen-bond acceptors (Lipinski definition) is 4. The molecular formula is C18H26N2O4. The summed E-state index contributed by atoms with van der Waals surface area (Å²) in [4.78, 5) is 27.9. The highest BCUT2D eigenvalue weighted by Crippen LogP contribution is 2.15. The molecular weight excluding hydrogens is 308 g/mol. The summed E-state index contributed by atoms with van der Waals surface area (Å²) in [6.45, 7) is 7.60. The molecule has 0 spiro atoms. The number of amides is 2. The molecule has 1 fully saturated rings. The third-order valence-electron chi connectivity index (χ3n) is 3.77. The van der Waals surface area contributed by atoms with Crippen molar-refractivity contribution in [2.45, 2.75) is 32.8 Å². The van der Waals surface area contributed by atoms with E-state index in [0.717, 1.165) is 11.3 Å². The highest BCUT2D eigenvalue weighted by Gasteiger charge is 2.27. The van der Waals surface area contributed by atoms with Crippen LogP contribution in [0.15, 0.2) is 24.3 Å². The highest BCUT2D eigenvalue weighted by molar-refractivity contribution is 5.79. The molecule has 1 aliphatic rings. The molecule has 1 aliphatic heterocycles. The van der Waals surface area contributed by atoms with Gasteiger partial charge in [-0.15, -0.1) is 0 Å². The van der Waals surface area contributed by atoms with Gasteiger partial charge in [0.05, 0.1) is 13.5 Å². The molecule has 0 saturated carbocycles. The second-order valence-corrected chi connectivity index (χ2v) is 6.88. The van der Waals surface area contributed by atoms with Gasteiger partial charge in [-0.05, 0) is 38.5 Å². The van der Waals surface area contributed by atoms with Crippen LogP contribution in [0.4, 0.5) is 4.79 Å². The molecule has 1 aromatic rings. The maximum Gasteiger partial charge on any atom is 0.410 e. The lowest BCUT2D eigenvalue weighted by Gasteiger charge is -2.35. The van der Waals surface area contributed by atoms with Crippen LogP contribution in [0.25, 0.3) is 0 Å². The minimum atomic E-state index is -0.504. The van der Waals surface area contributed by atoms with Crippen molar-refractivity contribution < 1.29 is 19.1 Å². The van der Waals surface area contributed by atoms with Crippen molar-refractivity contribution >= 4 is 12.0 Å². The van der Waals surface area contributed by atoms with Gasteiger partial charge in [0.1, 0.15) is 11.4 Å². The third-order valence-corrected chi connectivity index (χ3v) is 3.77. The first kappa shape index (κ1) is 18.1. The minimum absolute atomic E-state index is 0.0621. The number of rotatable bonds is 3. The van der Waals surface area contributed by atoms with E-state index < -0.39 is 5.60 Å². The Balaban J connectivity index is 1.85. The van der Waals surface area contributed by atoms with Crippen LogP contribution in [0, 0.1) is 0 Å². The number of carbonyl (C=O) groups is 2. The summed E-state index contributed by atoms with van der Waals surface area (Å²) in [5, 5.41) is 0. The van der Waals surface area contributed by atoms with Gasteiger partial charge >= 0.3 is 6.09 Å². The van der Waals surface area contributed by atoms with E-state index in [9.17, 15) is 9.59 Å². The largest absolute Gasteiger partial charge is 0.497 e. The van der Waals surface area contributed by atoms with Crippen molar-refractivity contribution in [1.29, 1.82) is 0 Å². The predicted molar refractivity (Wildman–Crippen MR) is 91.1 cm³/mol. The topological polar surface area (TPSA) is 59.1 Å². The van der Waals surface area contributed by atoms with Gasteiger partial charge in [-0.3, -0.25) is 4.79 Å². The van der Waals surface area contributed by atoms with Crippen LogP contribution >= 0.6 is 0 Å². The summed E-state index contributed by atoms with van der Waals surface area (Å²) < 4.78 is 10.5. The number of carbonyl (C=O) groups excluding carboxylic acids is 2. The van der Waals surface area contributed by atoms with Crippen molar-refractivity contribution in [3.8, 4) is 5.75 Å². The molecule has 0 aromatic heterocycles. The molecule has 0 radical (unpaired) electrons. The van der Waals surface area contributed by atoms with Crippen molar-refractivity contribution in [3.63, 3.8) is 0 Å². The summed E-state index contributed by atoms with van der Waals surface area (Å²) in [6, 6.07) is 7.52. The fraction of sp³-hybridized carbons (Fsp3) is 0.556. The Morgan fingerprint density at radius 2 is 1.71 bits per heavy atom. The lowest BCUT2D eigenvalue weighted by atomic mass is 10.1. The molecule has 0 atom stereocenters. The summed E-state index contributed by atoms with van der Waals surface area (Å²) in [5.41, 5.74) is 0.421. The van der Waals surface area contributed by atoms with Crippen LogP contribution in [-0.2, 0) is 16.0 Å². The van der Waals surface area contributed by atoms with Crippen LogP contribution < -0.4 is 4.74 Å². The van der Waals surface area contributed by atoms with Gasteiger partial charge in [-0.1, -0.05) is 12.1 Å². The van der Waals surface area contributed by atoms with Crippen LogP contribution in [0.2, 0.25) is 0 Å². The van der Waals surface area contributed by atoms with Gasteiger partial charge < -0.3 is 19.3 Å². The van der Waals surface area contributed by atoms with Gasteiger partial charge in [0, 0.05) is 26.2 Å². The average Bonchev–Trinajstić information content (AvgIpc) is 2.53. The molecule has 2 amide bonds. The molecule has 1 saturated heterocycles. The Kier molecular flexibility index (Phi) is 5.70. The molecule has 1 aromatic carbocycles. The Hall–Kier alpha value is -2.24. The molecule has 6 heteroatoms. The third kappa shape index (κ3) is 5.15.